The van der Waals surface area contributed by atoms with Crippen LogP contribution in [0.2, 0.25) is 0 Å². The molecule has 0 fully saturated rings. The molecule has 9 heteroatoms. The molecule has 0 aliphatic heterocycles. The molecule has 1 atom stereocenters. The third-order valence-electron chi connectivity index (χ3n) is 8.71. The average Bonchev–Trinajstić information content (AvgIpc) is 3.57. The largest absolute Gasteiger partial charge is 0.489 e. The van der Waals surface area contributed by atoms with Crippen LogP contribution >= 0.6 is 0 Å². The number of pyridine rings is 1. The Morgan fingerprint density at radius 3 is 2.54 bits per heavy atom. The SMILES string of the molecule is Cc1c(CCOc2c(-c3ccc4ncc(CNCc5ccc6ccccc6c5)n4c3)ccc(F)c2F)c(C(N)C(C)(C)C)nn1C. The third-order valence-corrected chi connectivity index (χ3v) is 8.71. The second-order valence-corrected chi connectivity index (χ2v) is 12.9. The van der Waals surface area contributed by atoms with E-state index in [2.05, 4.69) is 66.5 Å². The first-order chi connectivity index (χ1) is 22.0. The Bertz CT molecular complexity index is 2020. The molecule has 7 nitrogen and oxygen atoms in total. The van der Waals surface area contributed by atoms with Gasteiger partial charge >= 0.3 is 0 Å². The fraction of sp³-hybridized carbons (Fsp3) is 0.297. The standard InChI is InChI=1S/C37H40F2N6O/c1-23-29(34(43-44(23)5)36(40)37(2,3)4)16-17-46-35-30(13-14-31(38)33(35)39)27-12-15-32-42-21-28(45(32)22-27)20-41-19-24-10-11-25-8-6-7-9-26(25)18-24/h6-15,18,21-22,36,41H,16-17,19-20,40H2,1-5H3. The number of aryl methyl sites for hydroxylation is 1. The summed E-state index contributed by atoms with van der Waals surface area (Å²) in [7, 11) is 1.88. The Kier molecular flexibility index (Phi) is 8.63. The monoisotopic (exact) mass is 622 g/mol. The van der Waals surface area contributed by atoms with Gasteiger partial charge in [-0.15, -0.1) is 0 Å². The van der Waals surface area contributed by atoms with Gasteiger partial charge in [-0.2, -0.15) is 9.49 Å². The van der Waals surface area contributed by atoms with E-state index in [1.807, 2.05) is 55.0 Å². The summed E-state index contributed by atoms with van der Waals surface area (Å²) in [6, 6.07) is 20.9. The molecule has 46 heavy (non-hydrogen) atoms. The van der Waals surface area contributed by atoms with Gasteiger partial charge in [0.15, 0.2) is 11.6 Å². The molecule has 3 N–H and O–H groups in total. The van der Waals surface area contributed by atoms with Crippen LogP contribution < -0.4 is 15.8 Å². The first kappa shape index (κ1) is 31.4. The maximum atomic E-state index is 15.3. The normalized spacial score (nSPS) is 12.7. The Hall–Kier alpha value is -4.60. The lowest BCUT2D eigenvalue weighted by atomic mass is 9.83. The zero-order valence-electron chi connectivity index (χ0n) is 26.9. The van der Waals surface area contributed by atoms with Gasteiger partial charge in [0.2, 0.25) is 5.82 Å². The minimum Gasteiger partial charge on any atom is -0.489 e. The topological polar surface area (TPSA) is 82.4 Å². The van der Waals surface area contributed by atoms with Crippen molar-refractivity contribution in [2.75, 3.05) is 6.61 Å². The minimum atomic E-state index is -1.02. The Morgan fingerprint density at radius 1 is 0.978 bits per heavy atom. The second kappa shape index (κ2) is 12.7. The van der Waals surface area contributed by atoms with Crippen molar-refractivity contribution in [3.05, 3.63) is 119 Å². The van der Waals surface area contributed by atoms with Crippen molar-refractivity contribution >= 4 is 16.4 Å². The molecule has 0 saturated carbocycles. The van der Waals surface area contributed by atoms with E-state index in [0.717, 1.165) is 34.4 Å². The molecule has 6 rings (SSSR count). The summed E-state index contributed by atoms with van der Waals surface area (Å²) in [5, 5.41) is 10.6. The lowest BCUT2D eigenvalue weighted by molar-refractivity contribution is 0.295. The first-order valence-corrected chi connectivity index (χ1v) is 15.5. The molecule has 0 bridgehead atoms. The molecule has 0 aliphatic carbocycles. The van der Waals surface area contributed by atoms with E-state index in [9.17, 15) is 4.39 Å². The van der Waals surface area contributed by atoms with Gasteiger partial charge < -0.3 is 20.2 Å². The van der Waals surface area contributed by atoms with E-state index >= 15 is 4.39 Å². The predicted molar refractivity (Wildman–Crippen MR) is 179 cm³/mol. The van der Waals surface area contributed by atoms with Crippen LogP contribution in [0.5, 0.6) is 5.75 Å². The zero-order chi connectivity index (χ0) is 32.6. The van der Waals surface area contributed by atoms with Gasteiger partial charge in [0, 0.05) is 55.1 Å². The number of halogens is 2. The van der Waals surface area contributed by atoms with Crippen LogP contribution in [-0.2, 0) is 26.6 Å². The van der Waals surface area contributed by atoms with Gasteiger partial charge in [0.25, 0.3) is 0 Å². The molecule has 0 aliphatic rings. The highest BCUT2D eigenvalue weighted by Crippen LogP contribution is 2.36. The van der Waals surface area contributed by atoms with Crippen LogP contribution in [0.1, 0.15) is 55.0 Å². The van der Waals surface area contributed by atoms with E-state index in [4.69, 9.17) is 10.5 Å². The van der Waals surface area contributed by atoms with Crippen LogP contribution in [0, 0.1) is 24.0 Å². The third kappa shape index (κ3) is 6.25. The maximum Gasteiger partial charge on any atom is 0.201 e. The van der Waals surface area contributed by atoms with Crippen molar-refractivity contribution in [1.82, 2.24) is 24.5 Å². The van der Waals surface area contributed by atoms with Crippen molar-refractivity contribution < 1.29 is 13.5 Å². The molecule has 3 heterocycles. The Balaban J connectivity index is 1.21. The average molecular weight is 623 g/mol. The number of nitrogens with one attached hydrogen (secondary N) is 1. The number of ether oxygens (including phenoxy) is 1. The summed E-state index contributed by atoms with van der Waals surface area (Å²) >= 11 is 0. The van der Waals surface area contributed by atoms with Gasteiger partial charge in [-0.1, -0.05) is 57.2 Å². The van der Waals surface area contributed by atoms with E-state index < -0.39 is 11.6 Å². The molecular formula is C37H40F2N6O. The summed E-state index contributed by atoms with van der Waals surface area (Å²) in [6.07, 6.45) is 4.16. The fourth-order valence-electron chi connectivity index (χ4n) is 5.81. The lowest BCUT2D eigenvalue weighted by Crippen LogP contribution is -2.28. The zero-order valence-corrected chi connectivity index (χ0v) is 26.9. The van der Waals surface area contributed by atoms with Crippen LogP contribution in [-0.4, -0.2) is 25.8 Å². The minimum absolute atomic E-state index is 0.126. The number of hydrogen-bond acceptors (Lipinski definition) is 5. The maximum absolute atomic E-state index is 15.3. The smallest absolute Gasteiger partial charge is 0.201 e. The molecule has 6 aromatic rings. The fourth-order valence-corrected chi connectivity index (χ4v) is 5.81. The van der Waals surface area contributed by atoms with E-state index in [1.54, 1.807) is 10.7 Å². The van der Waals surface area contributed by atoms with Gasteiger partial charge in [0.05, 0.1) is 30.2 Å². The number of aromatic nitrogens is 4. The van der Waals surface area contributed by atoms with E-state index in [1.165, 1.54) is 16.3 Å². The Morgan fingerprint density at radius 2 is 1.76 bits per heavy atom. The number of fused-ring (bicyclic) bond motifs is 2. The van der Waals surface area contributed by atoms with Crippen molar-refractivity contribution in [1.29, 1.82) is 0 Å². The van der Waals surface area contributed by atoms with Crippen LogP contribution in [0.3, 0.4) is 0 Å². The van der Waals surface area contributed by atoms with Crippen molar-refractivity contribution in [2.45, 2.75) is 53.2 Å². The van der Waals surface area contributed by atoms with E-state index in [0.29, 0.717) is 30.6 Å². The highest BCUT2D eigenvalue weighted by molar-refractivity contribution is 5.83. The Labute approximate surface area is 268 Å². The first-order valence-electron chi connectivity index (χ1n) is 15.5. The number of rotatable bonds is 10. The molecule has 0 saturated heterocycles. The summed E-state index contributed by atoms with van der Waals surface area (Å²) in [6.45, 7) is 9.57. The second-order valence-electron chi connectivity index (χ2n) is 12.9. The van der Waals surface area contributed by atoms with Crippen molar-refractivity contribution in [3.8, 4) is 16.9 Å². The van der Waals surface area contributed by atoms with Gasteiger partial charge in [-0.3, -0.25) is 4.68 Å². The van der Waals surface area contributed by atoms with Gasteiger partial charge in [0.1, 0.15) is 5.65 Å². The van der Waals surface area contributed by atoms with Gasteiger partial charge in [-0.25, -0.2) is 9.37 Å². The molecule has 3 aromatic carbocycles. The predicted octanol–water partition coefficient (Wildman–Crippen LogP) is 7.43. The number of benzene rings is 3. The molecular weight excluding hydrogens is 582 g/mol. The number of nitrogens with two attached hydrogens (primary N) is 1. The summed E-state index contributed by atoms with van der Waals surface area (Å²) in [5.74, 6) is -2.11. The molecule has 238 valence electrons. The highest BCUT2D eigenvalue weighted by Gasteiger charge is 2.28. The van der Waals surface area contributed by atoms with Crippen LogP contribution in [0.25, 0.3) is 27.5 Å². The summed E-state index contributed by atoms with van der Waals surface area (Å²) < 4.78 is 39.6. The van der Waals surface area contributed by atoms with Crippen molar-refractivity contribution in [2.24, 2.45) is 18.2 Å². The molecule has 0 spiro atoms. The van der Waals surface area contributed by atoms with Gasteiger partial charge in [-0.05, 0) is 59.0 Å². The van der Waals surface area contributed by atoms with E-state index in [-0.39, 0.29) is 23.8 Å². The summed E-state index contributed by atoms with van der Waals surface area (Å²) in [4.78, 5) is 4.55. The number of imidazole rings is 1. The van der Waals surface area contributed by atoms with Crippen LogP contribution in [0.4, 0.5) is 8.78 Å². The quantitative estimate of drug-likeness (QED) is 0.166. The number of nitrogens with zero attached hydrogens (tertiary/aromatic N) is 4. The molecule has 1 unspecified atom stereocenters. The highest BCUT2D eigenvalue weighted by atomic mass is 19.2. The van der Waals surface area contributed by atoms with Crippen LogP contribution in [0.15, 0.2) is 79.1 Å². The summed E-state index contributed by atoms with van der Waals surface area (Å²) in [5.41, 5.74) is 13.1. The molecule has 3 aromatic heterocycles. The molecule has 0 radical (unpaired) electrons. The lowest BCUT2D eigenvalue weighted by Gasteiger charge is -2.26. The van der Waals surface area contributed by atoms with Crippen molar-refractivity contribution in [3.63, 3.8) is 0 Å². The number of hydrogen-bond donors (Lipinski definition) is 2. The molecule has 0 amide bonds.